The Morgan fingerprint density at radius 2 is 1.95 bits per heavy atom. The van der Waals surface area contributed by atoms with E-state index in [0.717, 1.165) is 34.8 Å². The zero-order valence-electron chi connectivity index (χ0n) is 12.7. The maximum Gasteiger partial charge on any atom is 0.165 e. The van der Waals surface area contributed by atoms with Gasteiger partial charge in [0.1, 0.15) is 5.82 Å². The van der Waals surface area contributed by atoms with E-state index in [0.29, 0.717) is 5.92 Å². The summed E-state index contributed by atoms with van der Waals surface area (Å²) < 4.78 is 1.89. The number of benzene rings is 1. The van der Waals surface area contributed by atoms with Crippen LogP contribution in [0.15, 0.2) is 42.6 Å². The summed E-state index contributed by atoms with van der Waals surface area (Å²) in [6, 6.07) is 12.3. The van der Waals surface area contributed by atoms with E-state index >= 15 is 0 Å². The Balaban J connectivity index is 2.10. The molecule has 4 nitrogen and oxygen atoms in total. The van der Waals surface area contributed by atoms with Crippen molar-refractivity contribution in [3.63, 3.8) is 0 Å². The van der Waals surface area contributed by atoms with Gasteiger partial charge in [-0.3, -0.25) is 0 Å². The molecule has 0 unspecified atom stereocenters. The second kappa shape index (κ2) is 5.56. The number of aromatic nitrogens is 3. The fraction of sp³-hybridized carbons (Fsp3) is 0.294. The molecule has 0 atom stereocenters. The number of fused-ring (bicyclic) bond motifs is 1. The van der Waals surface area contributed by atoms with Crippen molar-refractivity contribution in [1.29, 1.82) is 0 Å². The van der Waals surface area contributed by atoms with Gasteiger partial charge in [-0.25, -0.2) is 4.98 Å². The third-order valence-corrected chi connectivity index (χ3v) is 3.38. The summed E-state index contributed by atoms with van der Waals surface area (Å²) in [6.45, 7) is 7.31. The molecule has 0 fully saturated rings. The van der Waals surface area contributed by atoms with Crippen LogP contribution in [0.5, 0.6) is 0 Å². The molecule has 0 aliphatic carbocycles. The minimum absolute atomic E-state index is 0.581. The maximum atomic E-state index is 4.66. The van der Waals surface area contributed by atoms with Gasteiger partial charge < -0.3 is 5.32 Å². The Morgan fingerprint density at radius 1 is 1.19 bits per heavy atom. The highest BCUT2D eigenvalue weighted by atomic mass is 15.3. The summed E-state index contributed by atoms with van der Waals surface area (Å²) in [4.78, 5) is 4.66. The SMILES string of the molecule is Cc1cc(NCC(C)C)n2ncc(-c3ccccc3)c2n1. The predicted octanol–water partition coefficient (Wildman–Crippen LogP) is 3.77. The normalized spacial score (nSPS) is 11.2. The zero-order valence-corrected chi connectivity index (χ0v) is 12.7. The van der Waals surface area contributed by atoms with Crippen LogP contribution < -0.4 is 5.32 Å². The van der Waals surface area contributed by atoms with E-state index in [1.54, 1.807) is 0 Å². The predicted molar refractivity (Wildman–Crippen MR) is 86.5 cm³/mol. The first-order valence-corrected chi connectivity index (χ1v) is 7.30. The standard InChI is InChI=1S/C17H20N4/c1-12(2)10-18-16-9-13(3)20-17-15(11-19-21(16)17)14-7-5-4-6-8-14/h4-9,11-12,18H,10H2,1-3H3. The molecule has 1 aromatic carbocycles. The second-order valence-electron chi connectivity index (χ2n) is 5.72. The summed E-state index contributed by atoms with van der Waals surface area (Å²) in [5.74, 6) is 1.58. The van der Waals surface area contributed by atoms with E-state index < -0.39 is 0 Å². The molecule has 21 heavy (non-hydrogen) atoms. The monoisotopic (exact) mass is 280 g/mol. The van der Waals surface area contributed by atoms with E-state index in [4.69, 9.17) is 0 Å². The molecule has 0 aliphatic heterocycles. The van der Waals surface area contributed by atoms with Crippen LogP contribution in [0.2, 0.25) is 0 Å². The van der Waals surface area contributed by atoms with Crippen molar-refractivity contribution in [2.45, 2.75) is 20.8 Å². The van der Waals surface area contributed by atoms with Crippen molar-refractivity contribution in [2.75, 3.05) is 11.9 Å². The minimum atomic E-state index is 0.581. The summed E-state index contributed by atoms with van der Waals surface area (Å²) in [7, 11) is 0. The zero-order chi connectivity index (χ0) is 14.8. The minimum Gasteiger partial charge on any atom is -0.370 e. The fourth-order valence-electron chi connectivity index (χ4n) is 2.34. The van der Waals surface area contributed by atoms with Crippen molar-refractivity contribution in [3.05, 3.63) is 48.3 Å². The highest BCUT2D eigenvalue weighted by molar-refractivity contribution is 5.78. The lowest BCUT2D eigenvalue weighted by Gasteiger charge is -2.11. The van der Waals surface area contributed by atoms with E-state index in [2.05, 4.69) is 41.4 Å². The lowest BCUT2D eigenvalue weighted by atomic mass is 10.1. The topological polar surface area (TPSA) is 42.2 Å². The van der Waals surface area contributed by atoms with Gasteiger partial charge in [0.2, 0.25) is 0 Å². The molecule has 3 aromatic rings. The Kier molecular flexibility index (Phi) is 3.60. The van der Waals surface area contributed by atoms with Crippen LogP contribution in [0.25, 0.3) is 16.8 Å². The average molecular weight is 280 g/mol. The molecular formula is C17H20N4. The van der Waals surface area contributed by atoms with Gasteiger partial charge in [0.25, 0.3) is 0 Å². The molecule has 2 heterocycles. The summed E-state index contributed by atoms with van der Waals surface area (Å²) in [5.41, 5.74) is 4.09. The Morgan fingerprint density at radius 3 is 2.67 bits per heavy atom. The van der Waals surface area contributed by atoms with E-state index in [9.17, 15) is 0 Å². The number of nitrogens with one attached hydrogen (secondary N) is 1. The van der Waals surface area contributed by atoms with Crippen LogP contribution in [-0.4, -0.2) is 21.1 Å². The molecule has 4 heteroatoms. The molecule has 0 amide bonds. The van der Waals surface area contributed by atoms with Crippen LogP contribution in [0.1, 0.15) is 19.5 Å². The van der Waals surface area contributed by atoms with Gasteiger partial charge in [0.15, 0.2) is 5.65 Å². The van der Waals surface area contributed by atoms with Gasteiger partial charge in [-0.15, -0.1) is 0 Å². The highest BCUT2D eigenvalue weighted by Gasteiger charge is 2.11. The second-order valence-corrected chi connectivity index (χ2v) is 5.72. The van der Waals surface area contributed by atoms with Crippen LogP contribution in [0.3, 0.4) is 0 Å². The van der Waals surface area contributed by atoms with Gasteiger partial charge in [0, 0.05) is 23.9 Å². The first kappa shape index (κ1) is 13.6. The van der Waals surface area contributed by atoms with Gasteiger partial charge in [-0.2, -0.15) is 9.61 Å². The van der Waals surface area contributed by atoms with Crippen molar-refractivity contribution < 1.29 is 0 Å². The molecule has 0 aliphatic rings. The van der Waals surface area contributed by atoms with Gasteiger partial charge in [-0.05, 0) is 18.4 Å². The summed E-state index contributed by atoms with van der Waals surface area (Å²) in [5, 5.41) is 7.96. The Labute approximate surface area is 124 Å². The largest absolute Gasteiger partial charge is 0.370 e. The molecule has 3 rings (SSSR count). The smallest absolute Gasteiger partial charge is 0.165 e. The molecule has 0 spiro atoms. The van der Waals surface area contributed by atoms with Crippen molar-refractivity contribution in [2.24, 2.45) is 5.92 Å². The molecular weight excluding hydrogens is 260 g/mol. The average Bonchev–Trinajstić information content (AvgIpc) is 2.89. The molecule has 2 aromatic heterocycles. The highest BCUT2D eigenvalue weighted by Crippen LogP contribution is 2.25. The van der Waals surface area contributed by atoms with E-state index in [1.807, 2.05) is 41.9 Å². The van der Waals surface area contributed by atoms with E-state index in [1.165, 1.54) is 0 Å². The van der Waals surface area contributed by atoms with Crippen molar-refractivity contribution in [3.8, 4) is 11.1 Å². The van der Waals surface area contributed by atoms with Crippen LogP contribution in [0, 0.1) is 12.8 Å². The first-order valence-electron chi connectivity index (χ1n) is 7.30. The molecule has 0 bridgehead atoms. The fourth-order valence-corrected chi connectivity index (χ4v) is 2.34. The van der Waals surface area contributed by atoms with Crippen molar-refractivity contribution >= 4 is 11.5 Å². The maximum absolute atomic E-state index is 4.66. The van der Waals surface area contributed by atoms with Crippen LogP contribution >= 0.6 is 0 Å². The molecule has 0 saturated carbocycles. The number of rotatable bonds is 4. The molecule has 0 saturated heterocycles. The van der Waals surface area contributed by atoms with Crippen LogP contribution in [-0.2, 0) is 0 Å². The quantitative estimate of drug-likeness (QED) is 0.791. The number of hydrogen-bond acceptors (Lipinski definition) is 3. The van der Waals surface area contributed by atoms with Crippen molar-refractivity contribution in [1.82, 2.24) is 14.6 Å². The van der Waals surface area contributed by atoms with Gasteiger partial charge >= 0.3 is 0 Å². The molecule has 0 radical (unpaired) electrons. The summed E-state index contributed by atoms with van der Waals surface area (Å²) >= 11 is 0. The van der Waals surface area contributed by atoms with Crippen LogP contribution in [0.4, 0.5) is 5.82 Å². The third kappa shape index (κ3) is 2.75. The first-order chi connectivity index (χ1) is 10.1. The summed E-state index contributed by atoms with van der Waals surface area (Å²) in [6.07, 6.45) is 1.89. The number of aryl methyl sites for hydroxylation is 1. The Bertz CT molecular complexity index is 744. The third-order valence-electron chi connectivity index (χ3n) is 3.38. The lowest BCUT2D eigenvalue weighted by Crippen LogP contribution is -2.12. The Hall–Kier alpha value is -2.36. The lowest BCUT2D eigenvalue weighted by molar-refractivity contribution is 0.683. The number of anilines is 1. The number of nitrogens with zero attached hydrogens (tertiary/aromatic N) is 3. The van der Waals surface area contributed by atoms with E-state index in [-0.39, 0.29) is 0 Å². The van der Waals surface area contributed by atoms with Gasteiger partial charge in [-0.1, -0.05) is 44.2 Å². The van der Waals surface area contributed by atoms with Gasteiger partial charge in [0.05, 0.1) is 6.20 Å². The molecule has 1 N–H and O–H groups in total. The number of hydrogen-bond donors (Lipinski definition) is 1. The molecule has 108 valence electrons.